The lowest BCUT2D eigenvalue weighted by molar-refractivity contribution is -0.163. The zero-order valence-corrected chi connectivity index (χ0v) is 17.3. The van der Waals surface area contributed by atoms with E-state index in [1.54, 1.807) is 0 Å². The molecule has 3 fully saturated rings. The van der Waals surface area contributed by atoms with Gasteiger partial charge < -0.3 is 14.6 Å². The van der Waals surface area contributed by atoms with Crippen LogP contribution in [0.4, 0.5) is 4.39 Å². The third-order valence-corrected chi connectivity index (χ3v) is 7.99. The number of carbonyl (C=O) groups is 1. The molecule has 0 heterocycles. The summed E-state index contributed by atoms with van der Waals surface area (Å²) in [6.07, 6.45) is 7.99. The number of carboxylic acids is 1. The van der Waals surface area contributed by atoms with E-state index in [0.29, 0.717) is 29.9 Å². The maximum atomic E-state index is 15.1. The molecule has 0 amide bonds. The van der Waals surface area contributed by atoms with Crippen molar-refractivity contribution in [3.8, 4) is 5.75 Å². The highest BCUT2D eigenvalue weighted by Gasteiger charge is 2.54. The number of fused-ring (bicyclic) bond motifs is 6. The van der Waals surface area contributed by atoms with E-state index < -0.39 is 18.1 Å². The van der Waals surface area contributed by atoms with Crippen molar-refractivity contribution in [2.75, 3.05) is 0 Å². The van der Waals surface area contributed by atoms with Crippen molar-refractivity contribution < 1.29 is 23.8 Å². The number of rotatable bonds is 6. The van der Waals surface area contributed by atoms with Crippen LogP contribution in [0.5, 0.6) is 5.75 Å². The van der Waals surface area contributed by atoms with Gasteiger partial charge in [-0.25, -0.2) is 9.18 Å². The van der Waals surface area contributed by atoms with E-state index in [9.17, 15) is 9.90 Å². The van der Waals surface area contributed by atoms with Crippen molar-refractivity contribution in [2.45, 2.75) is 77.6 Å². The van der Waals surface area contributed by atoms with Crippen molar-refractivity contribution >= 4 is 5.97 Å². The Bertz CT molecular complexity index is 820. The average Bonchev–Trinajstić information content (AvgIpc) is 3.44. The molecular formula is C24H31FO4. The van der Waals surface area contributed by atoms with Crippen molar-refractivity contribution in [2.24, 2.45) is 29.6 Å². The molecule has 158 valence electrons. The van der Waals surface area contributed by atoms with Gasteiger partial charge in [0.15, 0.2) is 11.6 Å². The summed E-state index contributed by atoms with van der Waals surface area (Å²) in [5.41, 5.74) is 1.31. The summed E-state index contributed by atoms with van der Waals surface area (Å²) >= 11 is 0. The summed E-state index contributed by atoms with van der Waals surface area (Å²) in [5.74, 6) is 1.74. The predicted molar refractivity (Wildman–Crippen MR) is 107 cm³/mol. The molecule has 6 unspecified atom stereocenters. The molecular weight excluding hydrogens is 371 g/mol. The highest BCUT2D eigenvalue weighted by molar-refractivity contribution is 5.90. The number of hydrogen-bond donors (Lipinski definition) is 1. The van der Waals surface area contributed by atoms with Crippen LogP contribution < -0.4 is 4.74 Å². The van der Waals surface area contributed by atoms with E-state index in [2.05, 4.69) is 0 Å². The first-order valence-corrected chi connectivity index (χ1v) is 11.3. The molecule has 1 aromatic rings. The molecule has 5 rings (SSSR count). The van der Waals surface area contributed by atoms with Crippen molar-refractivity contribution in [3.63, 3.8) is 0 Å². The van der Waals surface area contributed by atoms with Crippen LogP contribution in [0.15, 0.2) is 6.07 Å². The van der Waals surface area contributed by atoms with Crippen LogP contribution in [0.1, 0.15) is 73.9 Å². The van der Waals surface area contributed by atoms with E-state index in [-0.39, 0.29) is 23.3 Å². The minimum atomic E-state index is -1.02. The molecule has 2 bridgehead atoms. The van der Waals surface area contributed by atoms with Gasteiger partial charge in [-0.15, -0.1) is 0 Å². The molecule has 3 saturated carbocycles. The maximum absolute atomic E-state index is 15.1. The van der Waals surface area contributed by atoms with Crippen molar-refractivity contribution in [3.05, 3.63) is 28.6 Å². The molecule has 0 radical (unpaired) electrons. The van der Waals surface area contributed by atoms with Gasteiger partial charge in [0.1, 0.15) is 0 Å². The van der Waals surface area contributed by atoms with Gasteiger partial charge >= 0.3 is 5.97 Å². The Morgan fingerprint density at radius 3 is 2.62 bits per heavy atom. The van der Waals surface area contributed by atoms with E-state index in [0.717, 1.165) is 30.6 Å². The van der Waals surface area contributed by atoms with Gasteiger partial charge in [-0.05, 0) is 85.8 Å². The Hall–Kier alpha value is -1.62. The first-order chi connectivity index (χ1) is 13.9. The monoisotopic (exact) mass is 402 g/mol. The van der Waals surface area contributed by atoms with Gasteiger partial charge in [-0.3, -0.25) is 0 Å². The molecule has 0 aromatic heterocycles. The van der Waals surface area contributed by atoms with Crippen LogP contribution in [0, 0.1) is 35.4 Å². The smallest absolute Gasteiger partial charge is 0.336 e. The Morgan fingerprint density at radius 2 is 1.86 bits per heavy atom. The third kappa shape index (κ3) is 3.17. The first-order valence-electron chi connectivity index (χ1n) is 11.3. The van der Waals surface area contributed by atoms with Crippen molar-refractivity contribution in [1.29, 1.82) is 0 Å². The third-order valence-electron chi connectivity index (χ3n) is 7.99. The molecule has 5 heteroatoms. The number of carboxylic acid groups (broad SMARTS) is 1. The van der Waals surface area contributed by atoms with E-state index in [4.69, 9.17) is 9.47 Å². The number of halogens is 1. The molecule has 0 spiro atoms. The molecule has 0 aliphatic heterocycles. The standard InChI is InChI=1S/C24H31FO4/c1-12(2)24(28-20-10-13-9-18(20)15-6-3-5-14(13)15)29-21-11-19(23(26)27)16-7-4-8-17(16)22(21)25/h11-15,18,20,24H,3-10H2,1-2H3,(H,26,27). The second kappa shape index (κ2) is 7.26. The van der Waals surface area contributed by atoms with Crippen molar-refractivity contribution in [1.82, 2.24) is 0 Å². The first kappa shape index (κ1) is 19.3. The summed E-state index contributed by atoms with van der Waals surface area (Å²) < 4.78 is 27.6. The topological polar surface area (TPSA) is 55.8 Å². The minimum Gasteiger partial charge on any atom is -0.478 e. The van der Waals surface area contributed by atoms with Crippen LogP contribution >= 0.6 is 0 Å². The SMILES string of the molecule is CC(C)C(Oc1cc(C(=O)O)c2c(c1F)CCC2)OC1CC2CC1C1CCCC21. The number of benzene rings is 1. The summed E-state index contributed by atoms with van der Waals surface area (Å²) in [6.45, 7) is 4.03. The van der Waals surface area contributed by atoms with Gasteiger partial charge in [0, 0.05) is 5.92 Å². The highest BCUT2D eigenvalue weighted by Crippen LogP contribution is 2.59. The predicted octanol–water partition coefficient (Wildman–Crippen LogP) is 5.21. The molecule has 4 aliphatic rings. The van der Waals surface area contributed by atoms with Gasteiger partial charge in [-0.1, -0.05) is 20.3 Å². The summed E-state index contributed by atoms with van der Waals surface area (Å²) in [4.78, 5) is 11.7. The fraction of sp³-hybridized carbons (Fsp3) is 0.708. The Kier molecular flexibility index (Phi) is 4.84. The Balaban J connectivity index is 1.37. The second-order valence-corrected chi connectivity index (χ2v) is 9.91. The molecule has 0 saturated heterocycles. The van der Waals surface area contributed by atoms with Gasteiger partial charge in [-0.2, -0.15) is 0 Å². The molecule has 4 aliphatic carbocycles. The van der Waals surface area contributed by atoms with Gasteiger partial charge in [0.25, 0.3) is 0 Å². The summed E-state index contributed by atoms with van der Waals surface area (Å²) in [7, 11) is 0. The number of aromatic carboxylic acids is 1. The van der Waals surface area contributed by atoms with Crippen LogP contribution in [-0.4, -0.2) is 23.5 Å². The molecule has 4 nitrogen and oxygen atoms in total. The fourth-order valence-corrected chi connectivity index (χ4v) is 6.77. The molecule has 6 atom stereocenters. The maximum Gasteiger partial charge on any atom is 0.336 e. The number of ether oxygens (including phenoxy) is 2. The van der Waals surface area contributed by atoms with Crippen LogP contribution in [-0.2, 0) is 17.6 Å². The lowest BCUT2D eigenvalue weighted by Crippen LogP contribution is -2.37. The van der Waals surface area contributed by atoms with Crippen LogP contribution in [0.3, 0.4) is 0 Å². The normalized spacial score (nSPS) is 33.2. The van der Waals surface area contributed by atoms with Crippen LogP contribution in [0.2, 0.25) is 0 Å². The minimum absolute atomic E-state index is 0.0312. The fourth-order valence-electron chi connectivity index (χ4n) is 6.77. The summed E-state index contributed by atoms with van der Waals surface area (Å²) in [5, 5.41) is 9.59. The van der Waals surface area contributed by atoms with Gasteiger partial charge in [0.2, 0.25) is 6.29 Å². The second-order valence-electron chi connectivity index (χ2n) is 9.91. The summed E-state index contributed by atoms with van der Waals surface area (Å²) in [6, 6.07) is 1.37. The quantitative estimate of drug-likeness (QED) is 0.663. The molecule has 1 N–H and O–H groups in total. The largest absolute Gasteiger partial charge is 0.478 e. The molecule has 1 aromatic carbocycles. The zero-order chi connectivity index (χ0) is 20.3. The lowest BCUT2D eigenvalue weighted by atomic mass is 9.80. The average molecular weight is 403 g/mol. The van der Waals surface area contributed by atoms with Gasteiger partial charge in [0.05, 0.1) is 11.7 Å². The van der Waals surface area contributed by atoms with E-state index in [1.165, 1.54) is 31.7 Å². The lowest BCUT2D eigenvalue weighted by Gasteiger charge is -2.35. The number of hydrogen-bond acceptors (Lipinski definition) is 3. The Labute approximate surface area is 171 Å². The molecule has 29 heavy (non-hydrogen) atoms. The van der Waals surface area contributed by atoms with Crippen LogP contribution in [0.25, 0.3) is 0 Å². The zero-order valence-electron chi connectivity index (χ0n) is 17.3. The van der Waals surface area contributed by atoms with E-state index in [1.807, 2.05) is 13.8 Å². The van der Waals surface area contributed by atoms with E-state index >= 15 is 4.39 Å². The Morgan fingerprint density at radius 1 is 1.10 bits per heavy atom. The highest BCUT2D eigenvalue weighted by atomic mass is 19.1.